The Hall–Kier alpha value is -2.89. The number of hydrogen-bond donors (Lipinski definition) is 1. The summed E-state index contributed by atoms with van der Waals surface area (Å²) in [6.07, 6.45) is 3.87. The van der Waals surface area contributed by atoms with Crippen molar-refractivity contribution in [2.24, 2.45) is 0 Å². The number of nitrogens with zero attached hydrogens (tertiary/aromatic N) is 2. The van der Waals surface area contributed by atoms with E-state index in [1.54, 1.807) is 18.3 Å². The lowest BCUT2D eigenvalue weighted by Crippen LogP contribution is -2.48. The smallest absolute Gasteiger partial charge is 0.254 e. The number of fused-ring (bicyclic) bond motifs is 2. The van der Waals surface area contributed by atoms with Gasteiger partial charge in [0.2, 0.25) is 11.8 Å². The molecule has 0 saturated carbocycles. The highest BCUT2D eigenvalue weighted by Crippen LogP contribution is 2.49. The highest BCUT2D eigenvalue weighted by Gasteiger charge is 2.58. The standard InChI is InChI=1S/C21H23N3O3/c1-3-6-17-21(15-7-4-5-8-16(15)23-20(21)26)10-12-24(17)19(25)14-9-11-22-18(13-14)27-2/h4-5,7-9,11,13,17H,3,6,10,12H2,1-2H3,(H,23,26)/t17-,21+/m0/s1. The molecule has 1 aromatic heterocycles. The normalized spacial score (nSPS) is 23.4. The van der Waals surface area contributed by atoms with E-state index in [0.717, 1.165) is 24.1 Å². The van der Waals surface area contributed by atoms with E-state index in [4.69, 9.17) is 4.74 Å². The number of likely N-dealkylation sites (tertiary alicyclic amines) is 1. The summed E-state index contributed by atoms with van der Waals surface area (Å²) >= 11 is 0. The van der Waals surface area contributed by atoms with Gasteiger partial charge in [-0.15, -0.1) is 0 Å². The molecule has 0 aliphatic carbocycles. The fraction of sp³-hybridized carbons (Fsp3) is 0.381. The fourth-order valence-corrected chi connectivity index (χ4v) is 4.54. The predicted molar refractivity (Wildman–Crippen MR) is 102 cm³/mol. The molecule has 27 heavy (non-hydrogen) atoms. The summed E-state index contributed by atoms with van der Waals surface area (Å²) in [5, 5.41) is 3.03. The fourth-order valence-electron chi connectivity index (χ4n) is 4.54. The largest absolute Gasteiger partial charge is 0.481 e. The minimum absolute atomic E-state index is 0.00441. The number of aromatic nitrogens is 1. The van der Waals surface area contributed by atoms with Gasteiger partial charge in [0.15, 0.2) is 0 Å². The number of carbonyl (C=O) groups is 2. The Morgan fingerprint density at radius 3 is 2.96 bits per heavy atom. The highest BCUT2D eigenvalue weighted by atomic mass is 16.5. The summed E-state index contributed by atoms with van der Waals surface area (Å²) in [6, 6.07) is 11.0. The van der Waals surface area contributed by atoms with Gasteiger partial charge in [-0.1, -0.05) is 31.5 Å². The van der Waals surface area contributed by atoms with E-state index < -0.39 is 5.41 Å². The van der Waals surface area contributed by atoms with Crippen LogP contribution < -0.4 is 10.1 Å². The van der Waals surface area contributed by atoms with E-state index in [1.165, 1.54) is 7.11 Å². The third-order valence-electron chi connectivity index (χ3n) is 5.77. The quantitative estimate of drug-likeness (QED) is 0.904. The van der Waals surface area contributed by atoms with E-state index in [2.05, 4.69) is 17.2 Å². The number of ether oxygens (including phenoxy) is 1. The minimum Gasteiger partial charge on any atom is -0.481 e. The van der Waals surface area contributed by atoms with Gasteiger partial charge in [0, 0.05) is 30.1 Å². The first-order chi connectivity index (χ1) is 13.1. The first-order valence-electron chi connectivity index (χ1n) is 9.33. The van der Waals surface area contributed by atoms with Crippen LogP contribution in [0.1, 0.15) is 42.1 Å². The van der Waals surface area contributed by atoms with Gasteiger partial charge in [-0.25, -0.2) is 4.98 Å². The Bertz CT molecular complexity index is 898. The Kier molecular flexibility index (Phi) is 4.34. The van der Waals surface area contributed by atoms with Gasteiger partial charge < -0.3 is 15.0 Å². The van der Waals surface area contributed by atoms with Crippen molar-refractivity contribution in [2.75, 3.05) is 19.0 Å². The zero-order valence-electron chi connectivity index (χ0n) is 15.6. The maximum Gasteiger partial charge on any atom is 0.254 e. The van der Waals surface area contributed by atoms with Crippen LogP contribution in [0.5, 0.6) is 5.88 Å². The third-order valence-corrected chi connectivity index (χ3v) is 5.77. The third kappa shape index (κ3) is 2.59. The molecule has 0 unspecified atom stereocenters. The van der Waals surface area contributed by atoms with Crippen LogP contribution in [0.25, 0.3) is 0 Å². The number of anilines is 1. The van der Waals surface area contributed by atoms with Gasteiger partial charge in [0.05, 0.1) is 18.6 Å². The summed E-state index contributed by atoms with van der Waals surface area (Å²) in [6.45, 7) is 2.64. The Labute approximate surface area is 158 Å². The molecular formula is C21H23N3O3. The van der Waals surface area contributed by atoms with Crippen LogP contribution in [0.3, 0.4) is 0 Å². The maximum atomic E-state index is 13.3. The molecule has 6 nitrogen and oxygen atoms in total. The van der Waals surface area contributed by atoms with Crippen molar-refractivity contribution in [3.05, 3.63) is 53.7 Å². The molecule has 1 N–H and O–H groups in total. The summed E-state index contributed by atoms with van der Waals surface area (Å²) in [4.78, 5) is 32.3. The molecule has 1 saturated heterocycles. The SMILES string of the molecule is CCC[C@@H]1N(C(=O)c2ccnc(OC)c2)CC[C@]12C(=O)Nc1ccccc12. The van der Waals surface area contributed by atoms with Gasteiger partial charge in [-0.2, -0.15) is 0 Å². The van der Waals surface area contributed by atoms with E-state index in [1.807, 2.05) is 29.2 Å². The molecule has 2 amide bonds. The van der Waals surface area contributed by atoms with Gasteiger partial charge >= 0.3 is 0 Å². The molecule has 1 fully saturated rings. The molecule has 1 aromatic carbocycles. The van der Waals surface area contributed by atoms with Crippen LogP contribution in [0.2, 0.25) is 0 Å². The second-order valence-corrected chi connectivity index (χ2v) is 7.11. The highest BCUT2D eigenvalue weighted by molar-refractivity contribution is 6.08. The molecule has 2 aromatic rings. The molecule has 4 rings (SSSR count). The van der Waals surface area contributed by atoms with Crippen molar-refractivity contribution in [3.63, 3.8) is 0 Å². The van der Waals surface area contributed by atoms with Crippen molar-refractivity contribution in [1.82, 2.24) is 9.88 Å². The predicted octanol–water partition coefficient (Wildman–Crippen LogP) is 2.99. The lowest BCUT2D eigenvalue weighted by molar-refractivity contribution is -0.121. The van der Waals surface area contributed by atoms with Gasteiger partial charge in [-0.05, 0) is 30.5 Å². The molecule has 2 aliphatic heterocycles. The van der Waals surface area contributed by atoms with E-state index in [9.17, 15) is 9.59 Å². The molecule has 6 heteroatoms. The van der Waals surface area contributed by atoms with Crippen LogP contribution >= 0.6 is 0 Å². The Balaban J connectivity index is 1.74. The molecular weight excluding hydrogens is 342 g/mol. The van der Waals surface area contributed by atoms with E-state index in [-0.39, 0.29) is 17.9 Å². The van der Waals surface area contributed by atoms with Crippen molar-refractivity contribution in [1.29, 1.82) is 0 Å². The molecule has 1 spiro atoms. The number of para-hydroxylation sites is 1. The van der Waals surface area contributed by atoms with Gasteiger partial charge in [-0.3, -0.25) is 9.59 Å². The zero-order valence-corrected chi connectivity index (χ0v) is 15.6. The van der Waals surface area contributed by atoms with Crippen LogP contribution in [0.15, 0.2) is 42.6 Å². The first kappa shape index (κ1) is 17.5. The summed E-state index contributed by atoms with van der Waals surface area (Å²) in [5.41, 5.74) is 1.74. The monoisotopic (exact) mass is 365 g/mol. The van der Waals surface area contributed by atoms with Crippen molar-refractivity contribution < 1.29 is 14.3 Å². The molecule has 0 radical (unpaired) electrons. The average Bonchev–Trinajstić information content (AvgIpc) is 3.21. The first-order valence-corrected chi connectivity index (χ1v) is 9.33. The van der Waals surface area contributed by atoms with Crippen molar-refractivity contribution >= 4 is 17.5 Å². The van der Waals surface area contributed by atoms with Crippen molar-refractivity contribution in [2.45, 2.75) is 37.6 Å². The minimum atomic E-state index is -0.667. The number of benzene rings is 1. The number of nitrogens with one attached hydrogen (secondary N) is 1. The molecule has 2 aliphatic rings. The van der Waals surface area contributed by atoms with Crippen LogP contribution in [-0.4, -0.2) is 41.4 Å². The second-order valence-electron chi connectivity index (χ2n) is 7.11. The zero-order chi connectivity index (χ0) is 19.0. The van der Waals surface area contributed by atoms with Gasteiger partial charge in [0.25, 0.3) is 5.91 Å². The molecule has 140 valence electrons. The van der Waals surface area contributed by atoms with E-state index >= 15 is 0 Å². The number of hydrogen-bond acceptors (Lipinski definition) is 4. The lowest BCUT2D eigenvalue weighted by Gasteiger charge is -2.34. The molecule has 2 atom stereocenters. The van der Waals surface area contributed by atoms with Crippen LogP contribution in [0.4, 0.5) is 5.69 Å². The van der Waals surface area contributed by atoms with E-state index in [0.29, 0.717) is 24.4 Å². The number of rotatable bonds is 4. The summed E-state index contributed by atoms with van der Waals surface area (Å²) in [5.74, 6) is 0.332. The Morgan fingerprint density at radius 2 is 2.19 bits per heavy atom. The van der Waals surface area contributed by atoms with Crippen molar-refractivity contribution in [3.8, 4) is 5.88 Å². The second kappa shape index (κ2) is 6.68. The average molecular weight is 365 g/mol. The number of amides is 2. The lowest BCUT2D eigenvalue weighted by atomic mass is 9.73. The maximum absolute atomic E-state index is 13.3. The Morgan fingerprint density at radius 1 is 1.37 bits per heavy atom. The molecule has 3 heterocycles. The topological polar surface area (TPSA) is 71.5 Å². The van der Waals surface area contributed by atoms with Crippen LogP contribution in [0, 0.1) is 0 Å². The number of methoxy groups -OCH3 is 1. The molecule has 0 bridgehead atoms. The summed E-state index contributed by atoms with van der Waals surface area (Å²) in [7, 11) is 1.53. The van der Waals surface area contributed by atoms with Crippen LogP contribution in [-0.2, 0) is 10.2 Å². The van der Waals surface area contributed by atoms with Gasteiger partial charge in [0.1, 0.15) is 0 Å². The number of pyridine rings is 1. The summed E-state index contributed by atoms with van der Waals surface area (Å²) < 4.78 is 5.15. The number of carbonyl (C=O) groups excluding carboxylic acids is 2.